The minimum Gasteiger partial charge on any atom is -0.408 e. The Morgan fingerprint density at radius 2 is 1.91 bits per heavy atom. The number of anilines is 1. The summed E-state index contributed by atoms with van der Waals surface area (Å²) < 4.78 is 20.5. The van der Waals surface area contributed by atoms with Crippen molar-refractivity contribution in [3.05, 3.63) is 34.1 Å². The van der Waals surface area contributed by atoms with Gasteiger partial charge in [-0.3, -0.25) is 10.1 Å². The van der Waals surface area contributed by atoms with Crippen molar-refractivity contribution in [3.63, 3.8) is 0 Å². The molecule has 7 heteroatoms. The van der Waals surface area contributed by atoms with E-state index in [1.54, 1.807) is 0 Å². The average Bonchev–Trinajstić information content (AvgIpc) is 2.33. The van der Waals surface area contributed by atoms with Crippen LogP contribution in [0.25, 0.3) is 0 Å². The summed E-state index contributed by atoms with van der Waals surface area (Å²) in [5.74, 6) is -0.562. The predicted octanol–water partition coefficient (Wildman–Crippen LogP) is 4.33. The maximum Gasteiger partial charge on any atom is 0.272 e. The van der Waals surface area contributed by atoms with Crippen LogP contribution in [0.4, 0.5) is 15.8 Å². The Bertz CT molecular complexity index is 622. The van der Waals surface area contributed by atoms with Crippen molar-refractivity contribution in [3.8, 4) is 0 Å². The largest absolute Gasteiger partial charge is 0.408 e. The van der Waals surface area contributed by atoms with Crippen LogP contribution in [0.5, 0.6) is 0 Å². The molecule has 1 aromatic carbocycles. The molecule has 0 spiro atoms. The first-order valence-corrected chi connectivity index (χ1v) is 10.6. The lowest BCUT2D eigenvalue weighted by molar-refractivity contribution is -0.385. The van der Waals surface area contributed by atoms with Crippen LogP contribution in [0.3, 0.4) is 0 Å². The molecule has 0 N–H and O–H groups in total. The van der Waals surface area contributed by atoms with Crippen LogP contribution < -0.4 is 4.90 Å². The van der Waals surface area contributed by atoms with Crippen molar-refractivity contribution in [2.45, 2.75) is 51.4 Å². The Kier molecular flexibility index (Phi) is 4.32. The van der Waals surface area contributed by atoms with Crippen LogP contribution in [0, 0.1) is 15.9 Å². The van der Waals surface area contributed by atoms with E-state index in [-0.39, 0.29) is 16.3 Å². The summed E-state index contributed by atoms with van der Waals surface area (Å²) in [4.78, 5) is 12.0. The zero-order chi connectivity index (χ0) is 17.6. The Balaban J connectivity index is 2.08. The molecule has 0 aromatic heterocycles. The van der Waals surface area contributed by atoms with Crippen LogP contribution >= 0.6 is 0 Å². The van der Waals surface area contributed by atoms with Crippen LogP contribution in [-0.2, 0) is 4.43 Å². The highest BCUT2D eigenvalue weighted by Gasteiger charge is 2.48. The van der Waals surface area contributed by atoms with Crippen molar-refractivity contribution in [2.24, 2.45) is 0 Å². The topological polar surface area (TPSA) is 55.6 Å². The van der Waals surface area contributed by atoms with E-state index in [1.165, 1.54) is 12.1 Å². The fourth-order valence-corrected chi connectivity index (χ4v) is 4.30. The van der Waals surface area contributed by atoms with E-state index in [9.17, 15) is 14.5 Å². The van der Waals surface area contributed by atoms with Gasteiger partial charge in [0.1, 0.15) is 0 Å². The maximum absolute atomic E-state index is 14.1. The van der Waals surface area contributed by atoms with E-state index in [0.717, 1.165) is 6.07 Å². The third-order valence-electron chi connectivity index (χ3n) is 4.84. The second-order valence-electron chi connectivity index (χ2n) is 8.06. The lowest BCUT2D eigenvalue weighted by Crippen LogP contribution is -2.66. The fourth-order valence-electron chi connectivity index (χ4n) is 2.63. The van der Waals surface area contributed by atoms with E-state index >= 15 is 0 Å². The number of rotatable bonds is 4. The molecular weight excluding hydrogens is 315 g/mol. The highest BCUT2D eigenvalue weighted by Crippen LogP contribution is 2.42. The summed E-state index contributed by atoms with van der Waals surface area (Å²) in [6, 6.07) is 3.78. The van der Waals surface area contributed by atoms with Crippen molar-refractivity contribution >= 4 is 19.7 Å². The molecule has 1 heterocycles. The van der Waals surface area contributed by atoms with Crippen molar-refractivity contribution in [1.29, 1.82) is 0 Å². The monoisotopic (exact) mass is 340 g/mol. The van der Waals surface area contributed by atoms with Gasteiger partial charge < -0.3 is 9.33 Å². The van der Waals surface area contributed by atoms with Gasteiger partial charge in [-0.15, -0.1) is 0 Å². The van der Waals surface area contributed by atoms with E-state index in [1.807, 2.05) is 11.8 Å². The number of non-ortho nitro benzene ring substituents is 1. The van der Waals surface area contributed by atoms with Gasteiger partial charge in [-0.05, 0) is 31.1 Å². The molecule has 5 nitrogen and oxygen atoms in total. The van der Waals surface area contributed by atoms with Gasteiger partial charge in [-0.25, -0.2) is 4.39 Å². The molecule has 2 rings (SSSR count). The number of hydrogen-bond acceptors (Lipinski definition) is 4. The summed E-state index contributed by atoms with van der Waals surface area (Å²) in [6.07, 6.45) is 0. The van der Waals surface area contributed by atoms with E-state index < -0.39 is 19.1 Å². The number of halogens is 1. The molecular formula is C16H25FN2O3Si. The first-order valence-electron chi connectivity index (χ1n) is 7.74. The number of hydrogen-bond donors (Lipinski definition) is 0. The first kappa shape index (κ1) is 17.9. The quantitative estimate of drug-likeness (QED) is 0.465. The zero-order valence-electron chi connectivity index (χ0n) is 14.6. The molecule has 0 radical (unpaired) electrons. The number of nitrogens with zero attached hydrogens (tertiary/aromatic N) is 2. The average molecular weight is 340 g/mol. The first-order chi connectivity index (χ1) is 10.3. The summed E-state index contributed by atoms with van der Waals surface area (Å²) in [7, 11) is -1.89. The second kappa shape index (κ2) is 5.56. The predicted molar refractivity (Wildman–Crippen MR) is 92.0 cm³/mol. The summed E-state index contributed by atoms with van der Waals surface area (Å²) in [5, 5.41) is 10.8. The summed E-state index contributed by atoms with van der Waals surface area (Å²) >= 11 is 0. The molecule has 0 unspecified atom stereocenters. The SMILES string of the molecule is CC1(O[Si](C)(C)C(C)(C)C)CN(c2ccc([N+](=O)[O-])cc2F)C1. The smallest absolute Gasteiger partial charge is 0.272 e. The summed E-state index contributed by atoms with van der Waals surface area (Å²) in [6.45, 7) is 14.2. The molecule has 1 fully saturated rings. The number of nitro benzene ring substituents is 1. The minimum absolute atomic E-state index is 0.120. The highest BCUT2D eigenvalue weighted by atomic mass is 28.4. The van der Waals surface area contributed by atoms with Gasteiger partial charge in [0.15, 0.2) is 14.1 Å². The van der Waals surface area contributed by atoms with Crippen LogP contribution in [0.1, 0.15) is 27.7 Å². The number of nitro groups is 1. The van der Waals surface area contributed by atoms with Crippen molar-refractivity contribution in [2.75, 3.05) is 18.0 Å². The van der Waals surface area contributed by atoms with E-state index in [0.29, 0.717) is 18.8 Å². The maximum atomic E-state index is 14.1. The minimum atomic E-state index is -1.89. The molecule has 128 valence electrons. The molecule has 0 saturated carbocycles. The number of benzene rings is 1. The van der Waals surface area contributed by atoms with Crippen molar-refractivity contribution < 1.29 is 13.7 Å². The fraction of sp³-hybridized carbons (Fsp3) is 0.625. The Morgan fingerprint density at radius 1 is 1.35 bits per heavy atom. The lowest BCUT2D eigenvalue weighted by Gasteiger charge is -2.54. The van der Waals surface area contributed by atoms with Crippen LogP contribution in [0.2, 0.25) is 18.1 Å². The van der Waals surface area contributed by atoms with E-state index in [2.05, 4.69) is 33.9 Å². The Hall–Kier alpha value is -1.47. The van der Waals surface area contributed by atoms with Gasteiger partial charge in [-0.2, -0.15) is 0 Å². The molecule has 0 aliphatic carbocycles. The third-order valence-corrected chi connectivity index (χ3v) is 9.46. The Labute approximate surface area is 137 Å². The van der Waals surface area contributed by atoms with Gasteiger partial charge >= 0.3 is 0 Å². The highest BCUT2D eigenvalue weighted by molar-refractivity contribution is 6.74. The van der Waals surface area contributed by atoms with E-state index in [4.69, 9.17) is 4.43 Å². The standard InChI is InChI=1S/C16H25FN2O3Si/c1-15(2,3)23(5,6)22-16(4)10-18(11-16)14-8-7-12(19(20)21)9-13(14)17/h7-9H,10-11H2,1-6H3. The molecule has 0 atom stereocenters. The van der Waals surface area contributed by atoms with Gasteiger partial charge in [-0.1, -0.05) is 20.8 Å². The van der Waals surface area contributed by atoms with Gasteiger partial charge in [0.2, 0.25) is 0 Å². The molecule has 1 aromatic rings. The Morgan fingerprint density at radius 3 is 2.35 bits per heavy atom. The van der Waals surface area contributed by atoms with Gasteiger partial charge in [0.05, 0.1) is 22.3 Å². The second-order valence-corrected chi connectivity index (χ2v) is 12.8. The van der Waals surface area contributed by atoms with Crippen LogP contribution in [-0.4, -0.2) is 31.9 Å². The van der Waals surface area contributed by atoms with Crippen LogP contribution in [0.15, 0.2) is 18.2 Å². The zero-order valence-corrected chi connectivity index (χ0v) is 15.6. The third kappa shape index (κ3) is 3.55. The van der Waals surface area contributed by atoms with Gasteiger partial charge in [0.25, 0.3) is 5.69 Å². The normalized spacial score (nSPS) is 17.8. The molecule has 1 aliphatic heterocycles. The van der Waals surface area contributed by atoms with Gasteiger partial charge in [0, 0.05) is 19.2 Å². The molecule has 0 bridgehead atoms. The lowest BCUT2D eigenvalue weighted by atomic mass is 9.96. The molecule has 1 saturated heterocycles. The molecule has 0 amide bonds. The summed E-state index contributed by atoms with van der Waals surface area (Å²) in [5.41, 5.74) is -0.129. The molecule has 1 aliphatic rings. The molecule has 23 heavy (non-hydrogen) atoms. The van der Waals surface area contributed by atoms with Crippen molar-refractivity contribution in [1.82, 2.24) is 0 Å².